The van der Waals surface area contributed by atoms with Crippen molar-refractivity contribution in [2.75, 3.05) is 18.0 Å². The van der Waals surface area contributed by atoms with Gasteiger partial charge in [0.25, 0.3) is 5.91 Å². The molecule has 1 amide bonds. The molecule has 0 bridgehead atoms. The zero-order chi connectivity index (χ0) is 14.9. The van der Waals surface area contributed by atoms with Crippen LogP contribution in [-0.2, 0) is 19.4 Å². The van der Waals surface area contributed by atoms with Crippen LogP contribution in [0, 0.1) is 0 Å². The quantitative estimate of drug-likeness (QED) is 0.876. The van der Waals surface area contributed by atoms with E-state index in [9.17, 15) is 4.79 Å². The summed E-state index contributed by atoms with van der Waals surface area (Å²) in [4.78, 5) is 15.1. The molecule has 22 heavy (non-hydrogen) atoms. The molecule has 0 spiro atoms. The van der Waals surface area contributed by atoms with E-state index in [-0.39, 0.29) is 5.91 Å². The molecule has 2 aliphatic rings. The molecular formula is C19H20N2O. The normalized spacial score (nSPS) is 16.8. The maximum atomic E-state index is 13.2. The van der Waals surface area contributed by atoms with E-state index in [0.717, 1.165) is 50.1 Å². The second-order valence-corrected chi connectivity index (χ2v) is 6.06. The van der Waals surface area contributed by atoms with Crippen LogP contribution >= 0.6 is 0 Å². The number of benzene rings is 2. The van der Waals surface area contributed by atoms with Crippen LogP contribution in [0.3, 0.4) is 0 Å². The van der Waals surface area contributed by atoms with Gasteiger partial charge in [0, 0.05) is 30.9 Å². The first-order valence-electron chi connectivity index (χ1n) is 8.06. The maximum absolute atomic E-state index is 13.2. The van der Waals surface area contributed by atoms with E-state index < -0.39 is 0 Å². The minimum Gasteiger partial charge on any atom is -0.311 e. The highest BCUT2D eigenvalue weighted by molar-refractivity contribution is 6.07. The van der Waals surface area contributed by atoms with Gasteiger partial charge in [0.15, 0.2) is 0 Å². The summed E-state index contributed by atoms with van der Waals surface area (Å²) in [7, 11) is 0. The van der Waals surface area contributed by atoms with Crippen molar-refractivity contribution in [3.05, 3.63) is 64.7 Å². The predicted octanol–water partition coefficient (Wildman–Crippen LogP) is 2.93. The average molecular weight is 292 g/mol. The summed E-state index contributed by atoms with van der Waals surface area (Å²) < 4.78 is 0. The fourth-order valence-corrected chi connectivity index (χ4v) is 3.63. The predicted molar refractivity (Wildman–Crippen MR) is 88.3 cm³/mol. The molecule has 0 unspecified atom stereocenters. The average Bonchev–Trinajstić information content (AvgIpc) is 2.93. The molecule has 3 nitrogen and oxygen atoms in total. The van der Waals surface area contributed by atoms with E-state index in [1.807, 2.05) is 29.2 Å². The topological polar surface area (TPSA) is 32.3 Å². The Hall–Kier alpha value is -2.13. The zero-order valence-electron chi connectivity index (χ0n) is 12.6. The molecule has 1 aliphatic carbocycles. The second-order valence-electron chi connectivity index (χ2n) is 6.06. The largest absolute Gasteiger partial charge is 0.311 e. The number of para-hydroxylation sites is 1. The molecule has 4 rings (SSSR count). The number of aryl methyl sites for hydroxylation is 1. The Kier molecular flexibility index (Phi) is 3.43. The molecular weight excluding hydrogens is 272 g/mol. The SMILES string of the molecule is O=C(c1cccc2c1CCC2)N1CCNCc2ccccc21. The zero-order valence-corrected chi connectivity index (χ0v) is 12.6. The third kappa shape index (κ3) is 2.22. The number of hydrogen-bond acceptors (Lipinski definition) is 2. The first-order valence-corrected chi connectivity index (χ1v) is 8.06. The number of nitrogens with zero attached hydrogens (tertiary/aromatic N) is 1. The van der Waals surface area contributed by atoms with E-state index in [1.54, 1.807) is 0 Å². The second kappa shape index (κ2) is 5.58. The van der Waals surface area contributed by atoms with Crippen molar-refractivity contribution in [1.82, 2.24) is 5.32 Å². The van der Waals surface area contributed by atoms with Gasteiger partial charge < -0.3 is 10.2 Å². The molecule has 2 aromatic carbocycles. The standard InChI is InChI=1S/C19H20N2O/c22-19(17-9-4-7-14-6-3-8-16(14)17)21-12-11-20-13-15-5-1-2-10-18(15)21/h1-2,4-5,7,9-10,20H,3,6,8,11-13H2. The molecule has 112 valence electrons. The third-order valence-corrected chi connectivity index (χ3v) is 4.73. The minimum atomic E-state index is 0.148. The molecule has 0 saturated carbocycles. The Morgan fingerprint density at radius 3 is 2.82 bits per heavy atom. The highest BCUT2D eigenvalue weighted by Gasteiger charge is 2.25. The Labute approximate surface area is 131 Å². The lowest BCUT2D eigenvalue weighted by atomic mass is 10.0. The van der Waals surface area contributed by atoms with Crippen molar-refractivity contribution in [3.63, 3.8) is 0 Å². The number of fused-ring (bicyclic) bond motifs is 2. The smallest absolute Gasteiger partial charge is 0.258 e. The number of anilines is 1. The summed E-state index contributed by atoms with van der Waals surface area (Å²) in [5.74, 6) is 0.148. The Morgan fingerprint density at radius 1 is 1.00 bits per heavy atom. The number of carbonyl (C=O) groups is 1. The van der Waals surface area contributed by atoms with E-state index in [1.165, 1.54) is 16.7 Å². The third-order valence-electron chi connectivity index (χ3n) is 4.73. The van der Waals surface area contributed by atoms with Crippen molar-refractivity contribution in [1.29, 1.82) is 0 Å². The van der Waals surface area contributed by atoms with Gasteiger partial charge in [0.1, 0.15) is 0 Å². The molecule has 0 fully saturated rings. The van der Waals surface area contributed by atoms with Gasteiger partial charge in [0.2, 0.25) is 0 Å². The highest BCUT2D eigenvalue weighted by atomic mass is 16.2. The lowest BCUT2D eigenvalue weighted by Crippen LogP contribution is -2.35. The molecule has 0 radical (unpaired) electrons. The summed E-state index contributed by atoms with van der Waals surface area (Å²) in [6, 6.07) is 14.4. The van der Waals surface area contributed by atoms with Gasteiger partial charge in [-0.3, -0.25) is 4.79 Å². The lowest BCUT2D eigenvalue weighted by Gasteiger charge is -2.23. The number of hydrogen-bond donors (Lipinski definition) is 1. The number of amides is 1. The van der Waals surface area contributed by atoms with Crippen LogP contribution in [0.2, 0.25) is 0 Å². The molecule has 3 heteroatoms. The number of rotatable bonds is 1. The van der Waals surface area contributed by atoms with Crippen molar-refractivity contribution >= 4 is 11.6 Å². The van der Waals surface area contributed by atoms with Crippen LogP contribution < -0.4 is 10.2 Å². The van der Waals surface area contributed by atoms with Gasteiger partial charge in [-0.25, -0.2) is 0 Å². The number of carbonyl (C=O) groups excluding carboxylic acids is 1. The molecule has 0 saturated heterocycles. The fourth-order valence-electron chi connectivity index (χ4n) is 3.63. The Bertz CT molecular complexity index is 723. The Balaban J connectivity index is 1.76. The maximum Gasteiger partial charge on any atom is 0.258 e. The summed E-state index contributed by atoms with van der Waals surface area (Å²) >= 11 is 0. The highest BCUT2D eigenvalue weighted by Crippen LogP contribution is 2.29. The van der Waals surface area contributed by atoms with Crippen molar-refractivity contribution < 1.29 is 4.79 Å². The van der Waals surface area contributed by atoms with Crippen LogP contribution in [0.25, 0.3) is 0 Å². The van der Waals surface area contributed by atoms with Gasteiger partial charge in [-0.2, -0.15) is 0 Å². The van der Waals surface area contributed by atoms with E-state index >= 15 is 0 Å². The minimum absolute atomic E-state index is 0.148. The summed E-state index contributed by atoms with van der Waals surface area (Å²) in [5, 5.41) is 3.40. The fraction of sp³-hybridized carbons (Fsp3) is 0.316. The van der Waals surface area contributed by atoms with E-state index in [4.69, 9.17) is 0 Å². The van der Waals surface area contributed by atoms with Crippen LogP contribution in [0.5, 0.6) is 0 Å². The summed E-state index contributed by atoms with van der Waals surface area (Å²) in [6.07, 6.45) is 3.30. The van der Waals surface area contributed by atoms with Crippen LogP contribution in [-0.4, -0.2) is 19.0 Å². The summed E-state index contributed by atoms with van der Waals surface area (Å²) in [6.45, 7) is 2.38. The molecule has 0 atom stereocenters. The molecule has 1 heterocycles. The number of nitrogens with one attached hydrogen (secondary N) is 1. The van der Waals surface area contributed by atoms with Gasteiger partial charge in [-0.1, -0.05) is 30.3 Å². The van der Waals surface area contributed by atoms with E-state index in [0.29, 0.717) is 0 Å². The monoisotopic (exact) mass is 292 g/mol. The first-order chi connectivity index (χ1) is 10.8. The van der Waals surface area contributed by atoms with E-state index in [2.05, 4.69) is 23.5 Å². The molecule has 1 N–H and O–H groups in total. The lowest BCUT2D eigenvalue weighted by molar-refractivity contribution is 0.0986. The summed E-state index contributed by atoms with van der Waals surface area (Å²) in [5.41, 5.74) is 5.76. The first kappa shape index (κ1) is 13.5. The Morgan fingerprint density at radius 2 is 1.86 bits per heavy atom. The molecule has 2 aromatic rings. The van der Waals surface area contributed by atoms with Gasteiger partial charge in [-0.05, 0) is 48.1 Å². The molecule has 1 aliphatic heterocycles. The van der Waals surface area contributed by atoms with Crippen molar-refractivity contribution in [3.8, 4) is 0 Å². The van der Waals surface area contributed by atoms with Gasteiger partial charge in [-0.15, -0.1) is 0 Å². The van der Waals surface area contributed by atoms with Crippen LogP contribution in [0.4, 0.5) is 5.69 Å². The van der Waals surface area contributed by atoms with Crippen molar-refractivity contribution in [2.45, 2.75) is 25.8 Å². The van der Waals surface area contributed by atoms with Gasteiger partial charge >= 0.3 is 0 Å². The van der Waals surface area contributed by atoms with Crippen LogP contribution in [0.15, 0.2) is 42.5 Å². The molecule has 0 aromatic heterocycles. The van der Waals surface area contributed by atoms with Gasteiger partial charge in [0.05, 0.1) is 0 Å². The van der Waals surface area contributed by atoms with Crippen molar-refractivity contribution in [2.24, 2.45) is 0 Å². The van der Waals surface area contributed by atoms with Crippen LogP contribution in [0.1, 0.15) is 33.5 Å².